The van der Waals surface area contributed by atoms with Crippen molar-refractivity contribution in [2.24, 2.45) is 4.99 Å². The van der Waals surface area contributed by atoms with Gasteiger partial charge in [-0.25, -0.2) is 9.79 Å². The predicted octanol–water partition coefficient (Wildman–Crippen LogP) is 4.93. The van der Waals surface area contributed by atoms with Gasteiger partial charge in [-0.05, 0) is 44.0 Å². The van der Waals surface area contributed by atoms with Crippen LogP contribution in [-0.2, 0) is 11.3 Å². The van der Waals surface area contributed by atoms with Gasteiger partial charge >= 0.3 is 5.97 Å². The molecule has 0 saturated heterocycles. The molecule has 0 aliphatic heterocycles. The van der Waals surface area contributed by atoms with Gasteiger partial charge in [0, 0.05) is 13.6 Å². The molecule has 0 aromatic heterocycles. The van der Waals surface area contributed by atoms with E-state index in [-0.39, 0.29) is 12.6 Å². The van der Waals surface area contributed by atoms with E-state index in [0.717, 1.165) is 23.2 Å². The lowest BCUT2D eigenvalue weighted by molar-refractivity contribution is 0.0472. The van der Waals surface area contributed by atoms with Crippen LogP contribution in [0, 0.1) is 13.8 Å². The fourth-order valence-electron chi connectivity index (χ4n) is 2.26. The number of hydrogen-bond acceptors (Lipinski definition) is 3. The Balaban J connectivity index is 2.12. The highest BCUT2D eigenvalue weighted by Crippen LogP contribution is 2.29. The smallest absolute Gasteiger partial charge is 0.338 e. The number of hydrogen-bond donors (Lipinski definition) is 0. The molecule has 2 rings (SSSR count). The van der Waals surface area contributed by atoms with Gasteiger partial charge in [-0.15, -0.1) is 0 Å². The molecule has 132 valence electrons. The molecule has 2 aromatic carbocycles. The SMILES string of the molecule is CCN(C)/C=N/c1cc(C)c(C(=O)OCc2cccc(C)c2)cc1Cl. The van der Waals surface area contributed by atoms with E-state index in [9.17, 15) is 4.79 Å². The third-order valence-electron chi connectivity index (χ3n) is 3.86. The van der Waals surface area contributed by atoms with Gasteiger partial charge in [0.15, 0.2) is 0 Å². The van der Waals surface area contributed by atoms with Crippen molar-refractivity contribution < 1.29 is 9.53 Å². The number of esters is 1. The quantitative estimate of drug-likeness (QED) is 0.418. The first kappa shape index (κ1) is 19.0. The molecule has 25 heavy (non-hydrogen) atoms. The number of rotatable bonds is 6. The number of benzene rings is 2. The van der Waals surface area contributed by atoms with Crippen LogP contribution in [0.4, 0.5) is 5.69 Å². The molecular formula is C20H23ClN2O2. The lowest BCUT2D eigenvalue weighted by Crippen LogP contribution is -2.14. The van der Waals surface area contributed by atoms with E-state index in [4.69, 9.17) is 16.3 Å². The van der Waals surface area contributed by atoms with E-state index in [1.807, 2.05) is 57.0 Å². The summed E-state index contributed by atoms with van der Waals surface area (Å²) in [4.78, 5) is 18.7. The summed E-state index contributed by atoms with van der Waals surface area (Å²) in [6.45, 7) is 6.97. The predicted molar refractivity (Wildman–Crippen MR) is 103 cm³/mol. The molecule has 0 heterocycles. The van der Waals surface area contributed by atoms with Gasteiger partial charge in [0.25, 0.3) is 0 Å². The third kappa shape index (κ3) is 5.33. The van der Waals surface area contributed by atoms with Crippen molar-refractivity contribution in [3.05, 3.63) is 63.7 Å². The lowest BCUT2D eigenvalue weighted by Gasteiger charge is -2.11. The third-order valence-corrected chi connectivity index (χ3v) is 4.16. The molecule has 0 aliphatic rings. The Labute approximate surface area is 154 Å². The van der Waals surface area contributed by atoms with Crippen LogP contribution in [0.2, 0.25) is 5.02 Å². The molecule has 0 spiro atoms. The molecule has 0 saturated carbocycles. The van der Waals surface area contributed by atoms with E-state index >= 15 is 0 Å². The summed E-state index contributed by atoms with van der Waals surface area (Å²) < 4.78 is 5.42. The zero-order chi connectivity index (χ0) is 18.4. The molecule has 2 aromatic rings. The first-order valence-corrected chi connectivity index (χ1v) is 8.55. The van der Waals surface area contributed by atoms with Gasteiger partial charge in [-0.3, -0.25) is 0 Å². The van der Waals surface area contributed by atoms with E-state index < -0.39 is 0 Å². The summed E-state index contributed by atoms with van der Waals surface area (Å²) in [6, 6.07) is 11.3. The van der Waals surface area contributed by atoms with Crippen molar-refractivity contribution in [2.75, 3.05) is 13.6 Å². The number of aryl methyl sites for hydroxylation is 2. The molecule has 0 fully saturated rings. The number of aliphatic imine (C=N–C) groups is 1. The average Bonchev–Trinajstić information content (AvgIpc) is 2.59. The summed E-state index contributed by atoms with van der Waals surface area (Å²) in [7, 11) is 1.93. The number of carbonyl (C=O) groups excluding carboxylic acids is 1. The molecule has 0 N–H and O–H groups in total. The van der Waals surface area contributed by atoms with Gasteiger partial charge in [-0.1, -0.05) is 41.4 Å². The summed E-state index contributed by atoms with van der Waals surface area (Å²) in [5, 5.41) is 0.425. The normalized spacial score (nSPS) is 10.9. The van der Waals surface area contributed by atoms with Crippen LogP contribution < -0.4 is 0 Å². The maximum Gasteiger partial charge on any atom is 0.338 e. The number of nitrogens with zero attached hydrogens (tertiary/aromatic N) is 2. The van der Waals surface area contributed by atoms with Crippen molar-refractivity contribution in [3.8, 4) is 0 Å². The maximum atomic E-state index is 12.4. The fraction of sp³-hybridized carbons (Fsp3) is 0.300. The summed E-state index contributed by atoms with van der Waals surface area (Å²) in [6.07, 6.45) is 1.72. The summed E-state index contributed by atoms with van der Waals surface area (Å²) >= 11 is 6.27. The highest BCUT2D eigenvalue weighted by atomic mass is 35.5. The van der Waals surface area contributed by atoms with Gasteiger partial charge in [0.2, 0.25) is 0 Å². The van der Waals surface area contributed by atoms with E-state index in [1.165, 1.54) is 0 Å². The number of halogens is 1. The van der Waals surface area contributed by atoms with Gasteiger partial charge in [-0.2, -0.15) is 0 Å². The average molecular weight is 359 g/mol. The minimum atomic E-state index is -0.387. The van der Waals surface area contributed by atoms with E-state index in [1.54, 1.807) is 18.5 Å². The van der Waals surface area contributed by atoms with Crippen molar-refractivity contribution in [1.82, 2.24) is 4.90 Å². The number of carbonyl (C=O) groups is 1. The zero-order valence-corrected chi connectivity index (χ0v) is 15.8. The Morgan fingerprint density at radius 2 is 2.04 bits per heavy atom. The van der Waals surface area contributed by atoms with Crippen LogP contribution in [0.15, 0.2) is 41.4 Å². The monoisotopic (exact) mass is 358 g/mol. The molecule has 0 atom stereocenters. The van der Waals surface area contributed by atoms with Crippen LogP contribution >= 0.6 is 11.6 Å². The second-order valence-electron chi connectivity index (χ2n) is 6.00. The molecule has 4 nitrogen and oxygen atoms in total. The minimum absolute atomic E-state index is 0.235. The molecular weight excluding hydrogens is 336 g/mol. The van der Waals surface area contributed by atoms with Gasteiger partial charge < -0.3 is 9.64 Å². The Hall–Kier alpha value is -2.33. The second kappa shape index (κ2) is 8.67. The van der Waals surface area contributed by atoms with Crippen molar-refractivity contribution >= 4 is 29.6 Å². The zero-order valence-electron chi connectivity index (χ0n) is 15.0. The molecule has 0 radical (unpaired) electrons. The van der Waals surface area contributed by atoms with Crippen molar-refractivity contribution in [3.63, 3.8) is 0 Å². The largest absolute Gasteiger partial charge is 0.457 e. The van der Waals surface area contributed by atoms with Crippen LogP contribution in [0.5, 0.6) is 0 Å². The molecule has 5 heteroatoms. The highest BCUT2D eigenvalue weighted by Gasteiger charge is 2.14. The lowest BCUT2D eigenvalue weighted by atomic mass is 10.1. The van der Waals surface area contributed by atoms with Crippen molar-refractivity contribution in [1.29, 1.82) is 0 Å². The highest BCUT2D eigenvalue weighted by molar-refractivity contribution is 6.33. The van der Waals surface area contributed by atoms with Gasteiger partial charge in [0.1, 0.15) is 6.61 Å². The van der Waals surface area contributed by atoms with Crippen LogP contribution in [-0.4, -0.2) is 30.8 Å². The second-order valence-corrected chi connectivity index (χ2v) is 6.41. The first-order chi connectivity index (χ1) is 11.9. The topological polar surface area (TPSA) is 41.9 Å². The fourth-order valence-corrected chi connectivity index (χ4v) is 2.47. The Morgan fingerprint density at radius 1 is 1.28 bits per heavy atom. The Bertz CT molecular complexity index is 787. The van der Waals surface area contributed by atoms with E-state index in [0.29, 0.717) is 16.3 Å². The summed E-state index contributed by atoms with van der Waals surface area (Å²) in [5.41, 5.74) is 3.97. The number of ether oxygens (including phenoxy) is 1. The first-order valence-electron chi connectivity index (χ1n) is 8.18. The molecule has 0 unspecified atom stereocenters. The van der Waals surface area contributed by atoms with Gasteiger partial charge in [0.05, 0.1) is 22.6 Å². The van der Waals surface area contributed by atoms with Crippen molar-refractivity contribution in [2.45, 2.75) is 27.4 Å². The molecule has 0 aliphatic carbocycles. The van der Waals surface area contributed by atoms with Crippen LogP contribution in [0.25, 0.3) is 0 Å². The Morgan fingerprint density at radius 3 is 2.72 bits per heavy atom. The van der Waals surface area contributed by atoms with E-state index in [2.05, 4.69) is 4.99 Å². The molecule has 0 amide bonds. The minimum Gasteiger partial charge on any atom is -0.457 e. The standard InChI is InChI=1S/C20H23ClN2O2/c1-5-23(4)13-22-19-10-15(3)17(11-18(19)21)20(24)25-12-16-8-6-7-14(2)9-16/h6-11,13H,5,12H2,1-4H3/b22-13+. The Kier molecular flexibility index (Phi) is 6.59. The maximum absolute atomic E-state index is 12.4. The van der Waals surface area contributed by atoms with Crippen LogP contribution in [0.1, 0.15) is 34.0 Å². The molecule has 0 bridgehead atoms. The summed E-state index contributed by atoms with van der Waals surface area (Å²) in [5.74, 6) is -0.387. The van der Waals surface area contributed by atoms with Crippen LogP contribution in [0.3, 0.4) is 0 Å².